The van der Waals surface area contributed by atoms with Gasteiger partial charge in [-0.2, -0.15) is 0 Å². The van der Waals surface area contributed by atoms with Crippen LogP contribution in [0.25, 0.3) is 0 Å². The predicted octanol–water partition coefficient (Wildman–Crippen LogP) is 3.24. The Morgan fingerprint density at radius 1 is 1.10 bits per heavy atom. The lowest BCUT2D eigenvalue weighted by molar-refractivity contribution is 0.0840. The first-order valence-electron chi connectivity index (χ1n) is 8.71. The quantitative estimate of drug-likeness (QED) is 0.866. The van der Waals surface area contributed by atoms with Crippen LogP contribution in [0.5, 0.6) is 0 Å². The Morgan fingerprint density at radius 2 is 1.81 bits per heavy atom. The fourth-order valence-corrected chi connectivity index (χ4v) is 5.93. The van der Waals surface area contributed by atoms with Crippen molar-refractivity contribution >= 4 is 9.84 Å². The number of hydrogen-bond acceptors (Lipinski definition) is 3. The summed E-state index contributed by atoms with van der Waals surface area (Å²) in [5.74, 6) is 3.38. The lowest BCUT2D eigenvalue weighted by Gasteiger charge is -2.44. The van der Waals surface area contributed by atoms with E-state index in [0.717, 1.165) is 37.6 Å². The average Bonchev–Trinajstić information content (AvgIpc) is 2.45. The Morgan fingerprint density at radius 3 is 2.38 bits per heavy atom. The smallest absolute Gasteiger partial charge is 0.150 e. The summed E-state index contributed by atoms with van der Waals surface area (Å²) in [4.78, 5) is 0. The molecule has 4 heteroatoms. The van der Waals surface area contributed by atoms with Gasteiger partial charge >= 0.3 is 0 Å². The van der Waals surface area contributed by atoms with Crippen molar-refractivity contribution in [3.8, 4) is 0 Å². The second kappa shape index (κ2) is 6.99. The standard InChI is InChI=1S/C17H33NO2S/c1-12(2)13-7-8-15(11-18)17(10-13)14-5-4-6-16(9-14)21(3,19)20/h12-17H,4-11,18H2,1-3H3. The molecule has 2 aliphatic rings. The predicted molar refractivity (Wildman–Crippen MR) is 88.8 cm³/mol. The maximum absolute atomic E-state index is 11.9. The molecule has 2 aliphatic carbocycles. The highest BCUT2D eigenvalue weighted by Gasteiger charge is 2.39. The third-order valence-electron chi connectivity index (χ3n) is 6.21. The molecule has 0 amide bonds. The fraction of sp³-hybridized carbons (Fsp3) is 1.00. The van der Waals surface area contributed by atoms with E-state index in [1.165, 1.54) is 31.9 Å². The second-order valence-electron chi connectivity index (χ2n) is 7.86. The van der Waals surface area contributed by atoms with Crippen molar-refractivity contribution < 1.29 is 8.42 Å². The zero-order chi connectivity index (χ0) is 15.6. The summed E-state index contributed by atoms with van der Waals surface area (Å²) < 4.78 is 23.8. The minimum Gasteiger partial charge on any atom is -0.330 e. The van der Waals surface area contributed by atoms with Crippen molar-refractivity contribution in [3.63, 3.8) is 0 Å². The Kier molecular flexibility index (Phi) is 5.75. The molecule has 0 heterocycles. The van der Waals surface area contributed by atoms with E-state index in [-0.39, 0.29) is 5.25 Å². The third-order valence-corrected chi connectivity index (χ3v) is 7.85. The molecule has 0 aromatic heterocycles. The second-order valence-corrected chi connectivity index (χ2v) is 10.2. The minimum absolute atomic E-state index is 0.103. The molecule has 2 N–H and O–H groups in total. The molecular formula is C17H33NO2S. The first-order chi connectivity index (χ1) is 9.82. The summed E-state index contributed by atoms with van der Waals surface area (Å²) in [5.41, 5.74) is 6.02. The van der Waals surface area contributed by atoms with E-state index in [1.807, 2.05) is 0 Å². The summed E-state index contributed by atoms with van der Waals surface area (Å²) >= 11 is 0. The van der Waals surface area contributed by atoms with Gasteiger partial charge in [-0.25, -0.2) is 8.42 Å². The van der Waals surface area contributed by atoms with Crippen LogP contribution in [0.15, 0.2) is 0 Å². The molecule has 5 unspecified atom stereocenters. The van der Waals surface area contributed by atoms with Crippen LogP contribution in [0.4, 0.5) is 0 Å². The van der Waals surface area contributed by atoms with E-state index in [1.54, 1.807) is 0 Å². The molecule has 0 aromatic rings. The molecule has 3 nitrogen and oxygen atoms in total. The maximum Gasteiger partial charge on any atom is 0.150 e. The van der Waals surface area contributed by atoms with E-state index in [0.29, 0.717) is 17.8 Å². The molecular weight excluding hydrogens is 282 g/mol. The van der Waals surface area contributed by atoms with Gasteiger partial charge in [0.05, 0.1) is 5.25 Å². The highest BCUT2D eigenvalue weighted by molar-refractivity contribution is 7.91. The Hall–Kier alpha value is -0.0900. The molecule has 0 radical (unpaired) electrons. The first kappa shape index (κ1) is 17.3. The highest BCUT2D eigenvalue weighted by atomic mass is 32.2. The van der Waals surface area contributed by atoms with Gasteiger partial charge in [0, 0.05) is 6.26 Å². The minimum atomic E-state index is -2.88. The van der Waals surface area contributed by atoms with Crippen molar-refractivity contribution in [2.75, 3.05) is 12.8 Å². The molecule has 0 aromatic carbocycles. The van der Waals surface area contributed by atoms with Crippen LogP contribution in [0.3, 0.4) is 0 Å². The van der Waals surface area contributed by atoms with Gasteiger partial charge in [0.2, 0.25) is 0 Å². The Labute approximate surface area is 131 Å². The SMILES string of the molecule is CC(C)C1CCC(CN)C(C2CCCC(S(C)(=O)=O)C2)C1. The van der Waals surface area contributed by atoms with Crippen molar-refractivity contribution in [1.29, 1.82) is 0 Å². The van der Waals surface area contributed by atoms with Crippen LogP contribution in [0.1, 0.15) is 58.8 Å². The van der Waals surface area contributed by atoms with Crippen molar-refractivity contribution in [2.45, 2.75) is 64.0 Å². The average molecular weight is 316 g/mol. The molecule has 21 heavy (non-hydrogen) atoms. The van der Waals surface area contributed by atoms with Gasteiger partial charge in [0.25, 0.3) is 0 Å². The Balaban J connectivity index is 2.09. The summed E-state index contributed by atoms with van der Waals surface area (Å²) in [6, 6.07) is 0. The van der Waals surface area contributed by atoms with E-state index in [2.05, 4.69) is 13.8 Å². The van der Waals surface area contributed by atoms with Crippen LogP contribution in [-0.2, 0) is 9.84 Å². The maximum atomic E-state index is 11.9. The molecule has 5 atom stereocenters. The van der Waals surface area contributed by atoms with Crippen molar-refractivity contribution in [3.05, 3.63) is 0 Å². The molecule has 124 valence electrons. The molecule has 2 saturated carbocycles. The molecule has 0 bridgehead atoms. The first-order valence-corrected chi connectivity index (χ1v) is 10.7. The van der Waals surface area contributed by atoms with Gasteiger partial charge in [-0.1, -0.05) is 26.7 Å². The van der Waals surface area contributed by atoms with Crippen LogP contribution in [0.2, 0.25) is 0 Å². The third kappa shape index (κ3) is 4.22. The normalized spacial score (nSPS) is 38.6. The highest BCUT2D eigenvalue weighted by Crippen LogP contribution is 2.45. The zero-order valence-corrected chi connectivity index (χ0v) is 14.7. The summed E-state index contributed by atoms with van der Waals surface area (Å²) in [6.07, 6.45) is 9.25. The van der Waals surface area contributed by atoms with Crippen molar-refractivity contribution in [2.24, 2.45) is 35.3 Å². The number of rotatable bonds is 4. The monoisotopic (exact) mass is 315 g/mol. The fourth-order valence-electron chi connectivity index (χ4n) is 4.74. The van der Waals surface area contributed by atoms with E-state index in [9.17, 15) is 8.42 Å². The van der Waals surface area contributed by atoms with Gasteiger partial charge in [0.1, 0.15) is 9.84 Å². The molecule has 0 aliphatic heterocycles. The summed E-state index contributed by atoms with van der Waals surface area (Å²) in [7, 11) is -2.88. The lowest BCUT2D eigenvalue weighted by atomic mass is 9.63. The van der Waals surface area contributed by atoms with Gasteiger partial charge in [-0.05, 0) is 68.2 Å². The van der Waals surface area contributed by atoms with E-state index in [4.69, 9.17) is 5.73 Å². The van der Waals surface area contributed by atoms with Crippen LogP contribution >= 0.6 is 0 Å². The zero-order valence-electron chi connectivity index (χ0n) is 13.9. The van der Waals surface area contributed by atoms with Gasteiger partial charge < -0.3 is 5.73 Å². The molecule has 0 spiro atoms. The van der Waals surface area contributed by atoms with Crippen LogP contribution in [-0.4, -0.2) is 26.5 Å². The number of hydrogen-bond donors (Lipinski definition) is 1. The van der Waals surface area contributed by atoms with Gasteiger partial charge in [0.15, 0.2) is 0 Å². The van der Waals surface area contributed by atoms with Gasteiger partial charge in [-0.15, -0.1) is 0 Å². The molecule has 2 rings (SSSR count). The number of nitrogens with two attached hydrogens (primary N) is 1. The van der Waals surface area contributed by atoms with E-state index < -0.39 is 9.84 Å². The Bertz CT molecular complexity index is 432. The van der Waals surface area contributed by atoms with Crippen LogP contribution in [0, 0.1) is 29.6 Å². The number of sulfone groups is 1. The molecule has 0 saturated heterocycles. The summed E-state index contributed by atoms with van der Waals surface area (Å²) in [5, 5.41) is -0.103. The topological polar surface area (TPSA) is 60.2 Å². The molecule has 2 fully saturated rings. The summed E-state index contributed by atoms with van der Waals surface area (Å²) in [6.45, 7) is 5.42. The van der Waals surface area contributed by atoms with Crippen LogP contribution < -0.4 is 5.73 Å². The lowest BCUT2D eigenvalue weighted by Crippen LogP contribution is -2.39. The van der Waals surface area contributed by atoms with Gasteiger partial charge in [-0.3, -0.25) is 0 Å². The largest absolute Gasteiger partial charge is 0.330 e. The van der Waals surface area contributed by atoms with E-state index >= 15 is 0 Å². The van der Waals surface area contributed by atoms with Crippen molar-refractivity contribution in [1.82, 2.24) is 0 Å².